The molecule has 0 bridgehead atoms. The third-order valence-electron chi connectivity index (χ3n) is 3.26. The van der Waals surface area contributed by atoms with E-state index < -0.39 is 0 Å². The molecular formula is C19H20O4. The van der Waals surface area contributed by atoms with Gasteiger partial charge in [0.15, 0.2) is 17.3 Å². The van der Waals surface area contributed by atoms with Crippen LogP contribution >= 0.6 is 0 Å². The van der Waals surface area contributed by atoms with Gasteiger partial charge in [-0.25, -0.2) is 0 Å². The summed E-state index contributed by atoms with van der Waals surface area (Å²) in [5, 5.41) is 0. The van der Waals surface area contributed by atoms with Gasteiger partial charge in [-0.1, -0.05) is 18.2 Å². The Labute approximate surface area is 136 Å². The average Bonchev–Trinajstić information content (AvgIpc) is 2.59. The van der Waals surface area contributed by atoms with E-state index in [0.29, 0.717) is 23.7 Å². The maximum atomic E-state index is 12.3. The van der Waals surface area contributed by atoms with Crippen LogP contribution < -0.4 is 14.2 Å². The minimum absolute atomic E-state index is 0.104. The van der Waals surface area contributed by atoms with E-state index in [-0.39, 0.29) is 5.78 Å². The number of carbonyl (C=O) groups excluding carboxylic acids is 1. The molecule has 0 saturated heterocycles. The average molecular weight is 312 g/mol. The highest BCUT2D eigenvalue weighted by Gasteiger charge is 2.08. The summed E-state index contributed by atoms with van der Waals surface area (Å²) < 4.78 is 15.8. The quantitative estimate of drug-likeness (QED) is 0.572. The topological polar surface area (TPSA) is 44.8 Å². The number of rotatable bonds is 7. The largest absolute Gasteiger partial charge is 0.494 e. The summed E-state index contributed by atoms with van der Waals surface area (Å²) in [7, 11) is 3.10. The van der Waals surface area contributed by atoms with Gasteiger partial charge >= 0.3 is 0 Å². The van der Waals surface area contributed by atoms with Crippen molar-refractivity contribution in [3.8, 4) is 17.2 Å². The van der Waals surface area contributed by atoms with Gasteiger partial charge in [0.25, 0.3) is 0 Å². The van der Waals surface area contributed by atoms with Crippen LogP contribution in [0.3, 0.4) is 0 Å². The summed E-state index contributed by atoms with van der Waals surface area (Å²) in [6, 6.07) is 12.7. The highest BCUT2D eigenvalue weighted by atomic mass is 16.5. The second-order valence-electron chi connectivity index (χ2n) is 4.77. The van der Waals surface area contributed by atoms with E-state index in [1.54, 1.807) is 38.5 Å². The van der Waals surface area contributed by atoms with Crippen molar-refractivity contribution in [2.45, 2.75) is 6.92 Å². The first-order valence-corrected chi connectivity index (χ1v) is 7.35. The third kappa shape index (κ3) is 4.36. The first kappa shape index (κ1) is 16.6. The molecule has 0 heterocycles. The van der Waals surface area contributed by atoms with E-state index in [4.69, 9.17) is 14.2 Å². The third-order valence-corrected chi connectivity index (χ3v) is 3.26. The minimum Gasteiger partial charge on any atom is -0.494 e. The molecular weight excluding hydrogens is 292 g/mol. The van der Waals surface area contributed by atoms with Crippen LogP contribution in [0.15, 0.2) is 48.5 Å². The summed E-state index contributed by atoms with van der Waals surface area (Å²) in [6.45, 7) is 2.54. The van der Waals surface area contributed by atoms with Gasteiger partial charge in [-0.15, -0.1) is 0 Å². The van der Waals surface area contributed by atoms with Crippen molar-refractivity contribution < 1.29 is 19.0 Å². The fraction of sp³-hybridized carbons (Fsp3) is 0.211. The molecule has 0 radical (unpaired) electrons. The van der Waals surface area contributed by atoms with Crippen LogP contribution in [0.1, 0.15) is 22.8 Å². The molecule has 4 nitrogen and oxygen atoms in total. The van der Waals surface area contributed by atoms with Crippen LogP contribution in [0, 0.1) is 0 Å². The van der Waals surface area contributed by atoms with E-state index in [2.05, 4.69) is 0 Å². The lowest BCUT2D eigenvalue weighted by Crippen LogP contribution is -1.97. The van der Waals surface area contributed by atoms with E-state index in [0.717, 1.165) is 11.3 Å². The number of allylic oxidation sites excluding steroid dienone is 1. The minimum atomic E-state index is -0.104. The summed E-state index contributed by atoms with van der Waals surface area (Å²) in [6.07, 6.45) is 3.30. The smallest absolute Gasteiger partial charge is 0.185 e. The lowest BCUT2D eigenvalue weighted by atomic mass is 10.1. The van der Waals surface area contributed by atoms with Crippen molar-refractivity contribution in [3.63, 3.8) is 0 Å². The van der Waals surface area contributed by atoms with Crippen LogP contribution in [0.4, 0.5) is 0 Å². The standard InChI is InChI=1S/C19H20O4/c1-4-23-16-7-5-6-14(12-16)8-10-17(20)15-9-11-18(21-2)19(13-15)22-3/h5-13H,4H2,1-3H3/b10-8+. The summed E-state index contributed by atoms with van der Waals surface area (Å²) in [4.78, 5) is 12.3. The molecule has 0 spiro atoms. The van der Waals surface area contributed by atoms with Gasteiger partial charge in [-0.05, 0) is 48.9 Å². The zero-order valence-corrected chi connectivity index (χ0v) is 13.5. The van der Waals surface area contributed by atoms with E-state index >= 15 is 0 Å². The molecule has 0 aromatic heterocycles. The fourth-order valence-corrected chi connectivity index (χ4v) is 2.13. The summed E-state index contributed by atoms with van der Waals surface area (Å²) in [5.41, 5.74) is 1.45. The van der Waals surface area contributed by atoms with Crippen molar-refractivity contribution in [3.05, 3.63) is 59.7 Å². The molecule has 2 aromatic rings. The first-order valence-electron chi connectivity index (χ1n) is 7.35. The Hall–Kier alpha value is -2.75. The number of carbonyl (C=O) groups is 1. The van der Waals surface area contributed by atoms with Crippen LogP contribution in [0.25, 0.3) is 6.08 Å². The Kier molecular flexibility index (Phi) is 5.80. The SMILES string of the molecule is CCOc1cccc(/C=C/C(=O)c2ccc(OC)c(OC)c2)c1. The molecule has 0 atom stereocenters. The van der Waals surface area contributed by atoms with Crippen LogP contribution in [0.2, 0.25) is 0 Å². The van der Waals surface area contributed by atoms with Gasteiger partial charge in [-0.3, -0.25) is 4.79 Å². The zero-order valence-electron chi connectivity index (χ0n) is 13.5. The zero-order chi connectivity index (χ0) is 16.7. The molecule has 2 rings (SSSR count). The lowest BCUT2D eigenvalue weighted by Gasteiger charge is -2.08. The molecule has 0 saturated carbocycles. The Morgan fingerprint density at radius 3 is 2.52 bits per heavy atom. The molecule has 120 valence electrons. The van der Waals surface area contributed by atoms with Crippen LogP contribution in [0.5, 0.6) is 17.2 Å². The highest BCUT2D eigenvalue weighted by molar-refractivity contribution is 6.07. The maximum Gasteiger partial charge on any atom is 0.185 e. The molecule has 0 aliphatic carbocycles. The molecule has 0 unspecified atom stereocenters. The van der Waals surface area contributed by atoms with Crippen LogP contribution in [-0.4, -0.2) is 26.6 Å². The second-order valence-corrected chi connectivity index (χ2v) is 4.77. The number of ether oxygens (including phenoxy) is 3. The molecule has 23 heavy (non-hydrogen) atoms. The normalized spacial score (nSPS) is 10.6. The van der Waals surface area contributed by atoms with Crippen molar-refractivity contribution in [2.24, 2.45) is 0 Å². The Morgan fingerprint density at radius 2 is 1.83 bits per heavy atom. The molecule has 0 fully saturated rings. The first-order chi connectivity index (χ1) is 11.2. The Morgan fingerprint density at radius 1 is 1.04 bits per heavy atom. The molecule has 0 aliphatic rings. The van der Waals surface area contributed by atoms with Crippen LogP contribution in [-0.2, 0) is 0 Å². The van der Waals surface area contributed by atoms with Gasteiger partial charge in [0, 0.05) is 5.56 Å². The number of hydrogen-bond donors (Lipinski definition) is 0. The van der Waals surface area contributed by atoms with Gasteiger partial charge in [0.2, 0.25) is 0 Å². The number of methoxy groups -OCH3 is 2. The molecule has 4 heteroatoms. The molecule has 2 aromatic carbocycles. The molecule has 0 amide bonds. The van der Waals surface area contributed by atoms with Gasteiger partial charge in [0.05, 0.1) is 20.8 Å². The number of ketones is 1. The van der Waals surface area contributed by atoms with Crippen molar-refractivity contribution >= 4 is 11.9 Å². The summed E-state index contributed by atoms with van der Waals surface area (Å²) in [5.74, 6) is 1.81. The number of hydrogen-bond acceptors (Lipinski definition) is 4. The van der Waals surface area contributed by atoms with Gasteiger partial charge < -0.3 is 14.2 Å². The second kappa shape index (κ2) is 8.03. The van der Waals surface area contributed by atoms with E-state index in [9.17, 15) is 4.79 Å². The van der Waals surface area contributed by atoms with Crippen molar-refractivity contribution in [1.29, 1.82) is 0 Å². The highest BCUT2D eigenvalue weighted by Crippen LogP contribution is 2.27. The number of benzene rings is 2. The Balaban J connectivity index is 2.16. The predicted molar refractivity (Wildman–Crippen MR) is 90.5 cm³/mol. The van der Waals surface area contributed by atoms with Crippen molar-refractivity contribution in [1.82, 2.24) is 0 Å². The van der Waals surface area contributed by atoms with Crippen molar-refractivity contribution in [2.75, 3.05) is 20.8 Å². The van der Waals surface area contributed by atoms with E-state index in [1.807, 2.05) is 31.2 Å². The Bertz CT molecular complexity index is 704. The van der Waals surface area contributed by atoms with Gasteiger partial charge in [0.1, 0.15) is 5.75 Å². The lowest BCUT2D eigenvalue weighted by molar-refractivity contribution is 0.104. The van der Waals surface area contributed by atoms with Gasteiger partial charge in [-0.2, -0.15) is 0 Å². The van der Waals surface area contributed by atoms with E-state index in [1.165, 1.54) is 6.08 Å². The molecule has 0 N–H and O–H groups in total. The predicted octanol–water partition coefficient (Wildman–Crippen LogP) is 4.00. The summed E-state index contributed by atoms with van der Waals surface area (Å²) >= 11 is 0. The maximum absolute atomic E-state index is 12.3. The molecule has 0 aliphatic heterocycles. The fourth-order valence-electron chi connectivity index (χ4n) is 2.13. The monoisotopic (exact) mass is 312 g/mol.